The lowest BCUT2D eigenvalue weighted by Gasteiger charge is -2.31. The van der Waals surface area contributed by atoms with Crippen LogP contribution in [0.15, 0.2) is 0 Å². The van der Waals surface area contributed by atoms with Crippen molar-refractivity contribution in [3.63, 3.8) is 0 Å². The van der Waals surface area contributed by atoms with Crippen LogP contribution in [0.3, 0.4) is 0 Å². The minimum absolute atomic E-state index is 0. The summed E-state index contributed by atoms with van der Waals surface area (Å²) in [5.41, 5.74) is 0.842. The summed E-state index contributed by atoms with van der Waals surface area (Å²) in [5.74, 6) is -0.287. The Kier molecular flexibility index (Phi) is 2.82. The van der Waals surface area contributed by atoms with Crippen molar-refractivity contribution in [2.75, 3.05) is 13.2 Å². The lowest BCUT2D eigenvalue weighted by atomic mass is 9.93. The van der Waals surface area contributed by atoms with Gasteiger partial charge in [-0.05, 0) is 12.8 Å². The van der Waals surface area contributed by atoms with Crippen LogP contribution in [0, 0.1) is 5.41 Å². The molecule has 0 aromatic heterocycles. The van der Waals surface area contributed by atoms with Crippen LogP contribution in [0.1, 0.15) is 27.1 Å². The van der Waals surface area contributed by atoms with Gasteiger partial charge >= 0.3 is 0 Å². The van der Waals surface area contributed by atoms with Gasteiger partial charge in [-0.2, -0.15) is 0 Å². The standard InChI is InChI=1S/C8H13NO2.H3N.H2/c9-7-1-3-8(4-2-7)10-5-6-11-8;;/h9H,1-6H2;1H3;1H. The van der Waals surface area contributed by atoms with Crippen LogP contribution in [-0.4, -0.2) is 24.7 Å². The van der Waals surface area contributed by atoms with E-state index in [9.17, 15) is 0 Å². The zero-order valence-corrected chi connectivity index (χ0v) is 7.27. The van der Waals surface area contributed by atoms with Crippen molar-refractivity contribution in [3.8, 4) is 0 Å². The van der Waals surface area contributed by atoms with Gasteiger partial charge in [-0.25, -0.2) is 0 Å². The Labute approximate surface area is 73.8 Å². The van der Waals surface area contributed by atoms with Crippen molar-refractivity contribution in [1.82, 2.24) is 6.15 Å². The van der Waals surface area contributed by atoms with Crippen LogP contribution >= 0.6 is 0 Å². The van der Waals surface area contributed by atoms with Gasteiger partial charge in [0.1, 0.15) is 0 Å². The normalized spacial score (nSPS) is 27.2. The SMILES string of the molecule is N.N=C1CCC2(CC1)OCCO2.[HH]. The summed E-state index contributed by atoms with van der Waals surface area (Å²) >= 11 is 0. The van der Waals surface area contributed by atoms with Crippen molar-refractivity contribution in [3.05, 3.63) is 0 Å². The van der Waals surface area contributed by atoms with E-state index >= 15 is 0 Å². The molecule has 0 amide bonds. The van der Waals surface area contributed by atoms with Crippen molar-refractivity contribution in [1.29, 1.82) is 5.41 Å². The predicted octanol–water partition coefficient (Wildman–Crippen LogP) is 1.73. The molecule has 2 aliphatic rings. The highest BCUT2D eigenvalue weighted by Crippen LogP contribution is 2.33. The first-order valence-corrected chi connectivity index (χ1v) is 4.15. The van der Waals surface area contributed by atoms with E-state index in [4.69, 9.17) is 14.9 Å². The molecule has 2 rings (SSSR count). The molecule has 12 heavy (non-hydrogen) atoms. The van der Waals surface area contributed by atoms with Gasteiger partial charge in [0.25, 0.3) is 0 Å². The average molecular weight is 174 g/mol. The summed E-state index contributed by atoms with van der Waals surface area (Å²) in [6, 6.07) is 0. The quantitative estimate of drug-likeness (QED) is 0.587. The van der Waals surface area contributed by atoms with E-state index in [1.54, 1.807) is 0 Å². The largest absolute Gasteiger partial charge is 0.348 e. The lowest BCUT2D eigenvalue weighted by Crippen LogP contribution is -2.35. The van der Waals surface area contributed by atoms with E-state index < -0.39 is 0 Å². The summed E-state index contributed by atoms with van der Waals surface area (Å²) in [5, 5.41) is 7.42. The molecular formula is C8H18N2O2. The minimum Gasteiger partial charge on any atom is -0.348 e. The number of nitrogens with one attached hydrogen (secondary N) is 1. The Morgan fingerprint density at radius 1 is 1.17 bits per heavy atom. The average Bonchev–Trinajstić information content (AvgIpc) is 2.45. The van der Waals surface area contributed by atoms with Crippen molar-refractivity contribution >= 4 is 5.71 Å². The van der Waals surface area contributed by atoms with Crippen molar-refractivity contribution in [2.45, 2.75) is 31.5 Å². The maximum Gasteiger partial charge on any atom is 0.169 e. The molecule has 0 radical (unpaired) electrons. The molecule has 1 heterocycles. The van der Waals surface area contributed by atoms with Crippen LogP contribution < -0.4 is 6.15 Å². The molecule has 0 unspecified atom stereocenters. The highest BCUT2D eigenvalue weighted by Gasteiger charge is 2.38. The van der Waals surface area contributed by atoms with Crippen LogP contribution in [0.4, 0.5) is 0 Å². The minimum atomic E-state index is -0.287. The van der Waals surface area contributed by atoms with Gasteiger partial charge in [-0.3, -0.25) is 0 Å². The molecule has 0 atom stereocenters. The molecule has 1 spiro atoms. The Balaban J connectivity index is 0.000000720. The van der Waals surface area contributed by atoms with E-state index in [0.717, 1.165) is 44.6 Å². The third-order valence-electron chi connectivity index (χ3n) is 2.43. The maximum absolute atomic E-state index is 7.42. The molecule has 72 valence electrons. The Morgan fingerprint density at radius 3 is 2.17 bits per heavy atom. The van der Waals surface area contributed by atoms with Gasteiger partial charge in [-0.15, -0.1) is 0 Å². The first-order valence-electron chi connectivity index (χ1n) is 4.15. The van der Waals surface area contributed by atoms with Crippen LogP contribution in [0.2, 0.25) is 0 Å². The molecule has 4 heteroatoms. The highest BCUT2D eigenvalue weighted by molar-refractivity contribution is 5.82. The summed E-state index contributed by atoms with van der Waals surface area (Å²) in [4.78, 5) is 0. The molecule has 1 saturated heterocycles. The second kappa shape index (κ2) is 3.51. The molecule has 1 aliphatic carbocycles. The Morgan fingerprint density at radius 2 is 1.67 bits per heavy atom. The van der Waals surface area contributed by atoms with E-state index in [1.807, 2.05) is 0 Å². The molecule has 1 aliphatic heterocycles. The van der Waals surface area contributed by atoms with Gasteiger partial charge < -0.3 is 21.0 Å². The van der Waals surface area contributed by atoms with E-state index in [2.05, 4.69) is 0 Å². The van der Waals surface area contributed by atoms with Gasteiger partial charge in [0.05, 0.1) is 13.2 Å². The molecule has 4 N–H and O–H groups in total. The molecule has 2 fully saturated rings. The fraction of sp³-hybridized carbons (Fsp3) is 0.875. The Hall–Kier alpha value is -0.450. The molecule has 0 aromatic carbocycles. The lowest BCUT2D eigenvalue weighted by molar-refractivity contribution is -0.167. The third-order valence-corrected chi connectivity index (χ3v) is 2.43. The van der Waals surface area contributed by atoms with Gasteiger partial charge in [0, 0.05) is 20.0 Å². The first-order chi connectivity index (χ1) is 5.31. The van der Waals surface area contributed by atoms with Crippen LogP contribution in [0.5, 0.6) is 0 Å². The maximum atomic E-state index is 7.42. The zero-order chi connectivity index (χ0) is 7.73. The van der Waals surface area contributed by atoms with Gasteiger partial charge in [0.2, 0.25) is 0 Å². The number of rotatable bonds is 0. The first kappa shape index (κ1) is 9.64. The molecule has 0 aromatic rings. The van der Waals surface area contributed by atoms with Gasteiger partial charge in [0.15, 0.2) is 5.79 Å². The molecule has 4 nitrogen and oxygen atoms in total. The van der Waals surface area contributed by atoms with Crippen LogP contribution in [-0.2, 0) is 9.47 Å². The second-order valence-electron chi connectivity index (χ2n) is 3.21. The van der Waals surface area contributed by atoms with Crippen molar-refractivity contribution < 1.29 is 10.9 Å². The zero-order valence-electron chi connectivity index (χ0n) is 7.27. The molecular weight excluding hydrogens is 156 g/mol. The van der Waals surface area contributed by atoms with E-state index in [0.29, 0.717) is 0 Å². The third kappa shape index (κ3) is 1.65. The molecule has 0 bridgehead atoms. The van der Waals surface area contributed by atoms with E-state index in [1.165, 1.54) is 0 Å². The fourth-order valence-corrected chi connectivity index (χ4v) is 1.72. The van der Waals surface area contributed by atoms with Gasteiger partial charge in [-0.1, -0.05) is 0 Å². The topological polar surface area (TPSA) is 77.3 Å². The second-order valence-corrected chi connectivity index (χ2v) is 3.21. The van der Waals surface area contributed by atoms with Crippen LogP contribution in [0.25, 0.3) is 0 Å². The summed E-state index contributed by atoms with van der Waals surface area (Å²) in [7, 11) is 0. The number of hydrogen-bond donors (Lipinski definition) is 2. The highest BCUT2D eigenvalue weighted by atomic mass is 16.7. The number of ether oxygens (including phenoxy) is 2. The van der Waals surface area contributed by atoms with Crippen molar-refractivity contribution in [2.24, 2.45) is 0 Å². The summed E-state index contributed by atoms with van der Waals surface area (Å²) in [6.45, 7) is 1.46. The number of hydrogen-bond acceptors (Lipinski definition) is 4. The smallest absolute Gasteiger partial charge is 0.169 e. The predicted molar refractivity (Wildman–Crippen MR) is 48.0 cm³/mol. The molecule has 1 saturated carbocycles. The Bertz CT molecular complexity index is 169. The summed E-state index contributed by atoms with van der Waals surface area (Å²) < 4.78 is 11.0. The fourth-order valence-electron chi connectivity index (χ4n) is 1.72. The summed E-state index contributed by atoms with van der Waals surface area (Å²) in [6.07, 6.45) is 3.46. The van der Waals surface area contributed by atoms with E-state index in [-0.39, 0.29) is 13.4 Å². The monoisotopic (exact) mass is 174 g/mol.